The minimum Gasteiger partial charge on any atom is -0.162 e. The highest BCUT2D eigenvalue weighted by molar-refractivity contribution is 8.03. The zero-order valence-corrected chi connectivity index (χ0v) is 7.45. The maximum atomic E-state index is 3.83. The first-order chi connectivity index (χ1) is 5.88. The van der Waals surface area contributed by atoms with Crippen LogP contribution in [0.4, 0.5) is 0 Å². The molecule has 1 rings (SSSR count). The molecule has 0 fully saturated rings. The maximum Gasteiger partial charge on any atom is 0.212 e. The van der Waals surface area contributed by atoms with Crippen LogP contribution in [0.3, 0.4) is 0 Å². The molecule has 0 radical (unpaired) electrons. The number of rotatable bonds is 2. The van der Waals surface area contributed by atoms with Gasteiger partial charge < -0.3 is 0 Å². The van der Waals surface area contributed by atoms with E-state index in [0.717, 1.165) is 4.91 Å². The molecule has 0 aromatic carbocycles. The molecule has 5 heteroatoms. The lowest BCUT2D eigenvalue weighted by Crippen LogP contribution is -1.88. The van der Waals surface area contributed by atoms with Crippen LogP contribution in [0.1, 0.15) is 6.92 Å². The van der Waals surface area contributed by atoms with Crippen LogP contribution in [-0.4, -0.2) is 12.1 Å². The Morgan fingerprint density at radius 1 is 1.58 bits per heavy atom. The Balaban J connectivity index is 2.82. The number of allylic oxidation sites excluding steroid dienone is 2. The average Bonchev–Trinajstić information content (AvgIpc) is 2.50. The number of amidine groups is 1. The van der Waals surface area contributed by atoms with E-state index >= 15 is 0 Å². The summed E-state index contributed by atoms with van der Waals surface area (Å²) in [6.45, 7) is 5.36. The molecular weight excluding hydrogens is 172 g/mol. The van der Waals surface area contributed by atoms with Crippen molar-refractivity contribution in [3.8, 4) is 0 Å². The molecule has 0 aliphatic carbocycles. The third-order valence-corrected chi connectivity index (χ3v) is 1.71. The van der Waals surface area contributed by atoms with Crippen molar-refractivity contribution in [2.24, 2.45) is 19.8 Å². The molecule has 1 aliphatic heterocycles. The molecule has 0 aromatic rings. The van der Waals surface area contributed by atoms with Crippen LogP contribution in [0, 0.1) is 0 Å². The van der Waals surface area contributed by atoms with E-state index in [1.54, 1.807) is 25.3 Å². The van der Waals surface area contributed by atoms with E-state index in [2.05, 4.69) is 26.4 Å². The van der Waals surface area contributed by atoms with Gasteiger partial charge in [0.15, 0.2) is 0 Å². The topological polar surface area (TPSA) is 49.4 Å². The van der Waals surface area contributed by atoms with Crippen LogP contribution in [0.15, 0.2) is 43.5 Å². The average molecular weight is 180 g/mol. The number of nitrogens with zero attached hydrogens (tertiary/aromatic N) is 4. The van der Waals surface area contributed by atoms with E-state index < -0.39 is 0 Å². The minimum atomic E-state index is 0.540. The second kappa shape index (κ2) is 4.61. The van der Waals surface area contributed by atoms with Gasteiger partial charge in [-0.1, -0.05) is 12.7 Å². The highest BCUT2D eigenvalue weighted by atomic mass is 32.2. The molecule has 0 saturated carbocycles. The first kappa shape index (κ1) is 8.86. The zero-order valence-electron chi connectivity index (χ0n) is 6.64. The van der Waals surface area contributed by atoms with Crippen LogP contribution in [0.5, 0.6) is 0 Å². The van der Waals surface area contributed by atoms with Gasteiger partial charge in [-0.25, -0.2) is 0 Å². The lowest BCUT2D eigenvalue weighted by molar-refractivity contribution is 1.22. The lowest BCUT2D eigenvalue weighted by atomic mass is 10.4. The Hall–Kier alpha value is -1.23. The maximum absolute atomic E-state index is 3.83. The zero-order chi connectivity index (χ0) is 8.81. The van der Waals surface area contributed by atoms with Crippen molar-refractivity contribution in [3.05, 3.63) is 23.6 Å². The third kappa shape index (κ3) is 2.13. The number of hydrogen-bond donors (Lipinski definition) is 0. The SMILES string of the molecule is C=C/C=C1/SN=N/C1=N/N=C/C. The Morgan fingerprint density at radius 3 is 3.08 bits per heavy atom. The van der Waals surface area contributed by atoms with Gasteiger partial charge in [0, 0.05) is 18.2 Å². The summed E-state index contributed by atoms with van der Waals surface area (Å²) < 4.78 is 3.74. The summed E-state index contributed by atoms with van der Waals surface area (Å²) >= 11 is 1.27. The summed E-state index contributed by atoms with van der Waals surface area (Å²) in [6, 6.07) is 0. The van der Waals surface area contributed by atoms with Crippen LogP contribution in [0.2, 0.25) is 0 Å². The molecule has 0 atom stereocenters. The molecular formula is C7H8N4S. The van der Waals surface area contributed by atoms with Gasteiger partial charge >= 0.3 is 0 Å². The van der Waals surface area contributed by atoms with Gasteiger partial charge in [-0.05, 0) is 13.0 Å². The van der Waals surface area contributed by atoms with Gasteiger partial charge in [0.25, 0.3) is 0 Å². The fraction of sp³-hybridized carbons (Fsp3) is 0.143. The smallest absolute Gasteiger partial charge is 0.162 e. The molecule has 0 amide bonds. The first-order valence-corrected chi connectivity index (χ1v) is 4.12. The molecule has 4 nitrogen and oxygen atoms in total. The molecule has 0 aromatic heterocycles. The lowest BCUT2D eigenvalue weighted by Gasteiger charge is -1.87. The summed E-state index contributed by atoms with van der Waals surface area (Å²) in [5.74, 6) is 0.540. The standard InChI is InChI=1S/C7H8N4S/c1-3-5-6-7(9-8-4-2)10-11-12-6/h3-5H,1H2,2H3/b6-5+,8-4+,9-7+. The van der Waals surface area contributed by atoms with Crippen molar-refractivity contribution in [1.82, 2.24) is 0 Å². The van der Waals surface area contributed by atoms with Crippen molar-refractivity contribution in [2.45, 2.75) is 6.92 Å². The van der Waals surface area contributed by atoms with Crippen LogP contribution >= 0.6 is 11.9 Å². The van der Waals surface area contributed by atoms with Gasteiger partial charge in [-0.15, -0.1) is 14.7 Å². The summed E-state index contributed by atoms with van der Waals surface area (Å²) in [5, 5.41) is 11.3. The van der Waals surface area contributed by atoms with Crippen LogP contribution in [-0.2, 0) is 0 Å². The molecule has 0 spiro atoms. The minimum absolute atomic E-state index is 0.540. The van der Waals surface area contributed by atoms with Gasteiger partial charge in [0.1, 0.15) is 0 Å². The first-order valence-electron chi connectivity index (χ1n) is 3.35. The Bertz CT molecular complexity index is 288. The van der Waals surface area contributed by atoms with Crippen molar-refractivity contribution in [3.63, 3.8) is 0 Å². The van der Waals surface area contributed by atoms with Crippen molar-refractivity contribution >= 4 is 24.0 Å². The van der Waals surface area contributed by atoms with Crippen molar-refractivity contribution < 1.29 is 0 Å². The molecule has 0 bridgehead atoms. The summed E-state index contributed by atoms with van der Waals surface area (Å²) in [6.07, 6.45) is 5.07. The monoisotopic (exact) mass is 180 g/mol. The Kier molecular flexibility index (Phi) is 3.40. The molecule has 1 heterocycles. The fourth-order valence-electron chi connectivity index (χ4n) is 0.587. The van der Waals surface area contributed by atoms with Crippen LogP contribution < -0.4 is 0 Å². The quantitative estimate of drug-likeness (QED) is 0.366. The van der Waals surface area contributed by atoms with Crippen molar-refractivity contribution in [2.75, 3.05) is 0 Å². The van der Waals surface area contributed by atoms with Gasteiger partial charge in [-0.2, -0.15) is 5.10 Å². The van der Waals surface area contributed by atoms with E-state index in [1.165, 1.54) is 11.9 Å². The summed E-state index contributed by atoms with van der Waals surface area (Å²) in [4.78, 5) is 0.871. The largest absolute Gasteiger partial charge is 0.212 e. The molecule has 12 heavy (non-hydrogen) atoms. The predicted molar refractivity (Wildman–Crippen MR) is 52.3 cm³/mol. The van der Waals surface area contributed by atoms with Crippen molar-refractivity contribution in [1.29, 1.82) is 0 Å². The van der Waals surface area contributed by atoms with Gasteiger partial charge in [-0.3, -0.25) is 0 Å². The predicted octanol–water partition coefficient (Wildman–Crippen LogP) is 2.57. The normalized spacial score (nSPS) is 23.1. The molecule has 1 aliphatic rings. The van der Waals surface area contributed by atoms with Crippen LogP contribution in [0.25, 0.3) is 0 Å². The fourth-order valence-corrected chi connectivity index (χ4v) is 1.11. The highest BCUT2D eigenvalue weighted by Gasteiger charge is 2.12. The second-order valence-corrected chi connectivity index (χ2v) is 2.62. The molecule has 62 valence electrons. The van der Waals surface area contributed by atoms with Gasteiger partial charge in [0.05, 0.1) is 4.91 Å². The van der Waals surface area contributed by atoms with E-state index in [-0.39, 0.29) is 0 Å². The van der Waals surface area contributed by atoms with E-state index in [4.69, 9.17) is 0 Å². The molecule has 0 unspecified atom stereocenters. The molecule has 0 saturated heterocycles. The van der Waals surface area contributed by atoms with Gasteiger partial charge in [0.2, 0.25) is 5.84 Å². The van der Waals surface area contributed by atoms with E-state index in [0.29, 0.717) is 5.84 Å². The number of hydrogen-bond acceptors (Lipinski definition) is 4. The highest BCUT2D eigenvalue weighted by Crippen LogP contribution is 2.26. The third-order valence-electron chi connectivity index (χ3n) is 1.03. The van der Waals surface area contributed by atoms with E-state index in [1.807, 2.05) is 0 Å². The van der Waals surface area contributed by atoms with E-state index in [9.17, 15) is 0 Å². The second-order valence-electron chi connectivity index (χ2n) is 1.84. The Morgan fingerprint density at radius 2 is 2.42 bits per heavy atom. The Labute approximate surface area is 75.0 Å². The summed E-state index contributed by atoms with van der Waals surface area (Å²) in [7, 11) is 0. The molecule has 0 N–H and O–H groups in total. The summed E-state index contributed by atoms with van der Waals surface area (Å²) in [5.41, 5.74) is 0.